The van der Waals surface area contributed by atoms with Gasteiger partial charge in [0.25, 0.3) is 0 Å². The molecule has 0 amide bonds. The average Bonchev–Trinajstić information content (AvgIpc) is 2.80. The van der Waals surface area contributed by atoms with Gasteiger partial charge < -0.3 is 10.5 Å². The summed E-state index contributed by atoms with van der Waals surface area (Å²) in [5.74, 6) is 1.32. The van der Waals surface area contributed by atoms with Gasteiger partial charge >= 0.3 is 0 Å². The lowest BCUT2D eigenvalue weighted by molar-refractivity contribution is 0.484. The number of nitrogen functional groups attached to an aromatic ring is 1. The lowest BCUT2D eigenvalue weighted by Gasteiger charge is -2.08. The van der Waals surface area contributed by atoms with E-state index in [1.807, 2.05) is 24.4 Å². The van der Waals surface area contributed by atoms with Crippen molar-refractivity contribution in [2.24, 2.45) is 0 Å². The second-order valence-electron chi connectivity index (χ2n) is 3.82. The van der Waals surface area contributed by atoms with Gasteiger partial charge in [0.15, 0.2) is 0 Å². The Morgan fingerprint density at radius 3 is 2.89 bits per heavy atom. The number of benzene rings is 2. The third-order valence-electron chi connectivity index (χ3n) is 2.51. The van der Waals surface area contributed by atoms with Gasteiger partial charge in [-0.15, -0.1) is 0 Å². The fourth-order valence-electron chi connectivity index (χ4n) is 1.64. The molecule has 5 heteroatoms. The van der Waals surface area contributed by atoms with E-state index in [0.29, 0.717) is 16.5 Å². The topological polar surface area (TPSA) is 48.1 Å². The Morgan fingerprint density at radius 2 is 2.06 bits per heavy atom. The predicted octanol–water partition coefficient (Wildman–Crippen LogP) is 4.32. The summed E-state index contributed by atoms with van der Waals surface area (Å²) in [5, 5.41) is 1.56. The molecular weight excluding hydrogens is 268 g/mol. The Balaban J connectivity index is 1.95. The van der Waals surface area contributed by atoms with Gasteiger partial charge in [-0.3, -0.25) is 0 Å². The molecule has 0 aliphatic heterocycles. The molecule has 0 aliphatic carbocycles. The summed E-state index contributed by atoms with van der Waals surface area (Å²) in [6, 6.07) is 11.0. The second-order valence-corrected chi connectivity index (χ2v) is 5.06. The molecule has 0 saturated heterocycles. The van der Waals surface area contributed by atoms with E-state index in [-0.39, 0.29) is 0 Å². The van der Waals surface area contributed by atoms with Crippen LogP contribution in [0.15, 0.2) is 42.6 Å². The molecule has 1 aromatic heterocycles. The van der Waals surface area contributed by atoms with E-state index in [2.05, 4.69) is 4.37 Å². The molecule has 90 valence electrons. The molecule has 1 heterocycles. The fraction of sp³-hybridized carbons (Fsp3) is 0. The molecular formula is C13H9ClN2OS. The summed E-state index contributed by atoms with van der Waals surface area (Å²) in [6.45, 7) is 0. The quantitative estimate of drug-likeness (QED) is 0.709. The van der Waals surface area contributed by atoms with Gasteiger partial charge in [-0.25, -0.2) is 0 Å². The summed E-state index contributed by atoms with van der Waals surface area (Å²) in [7, 11) is 0. The maximum Gasteiger partial charge on any atom is 0.146 e. The van der Waals surface area contributed by atoms with Crippen LogP contribution < -0.4 is 10.5 Å². The van der Waals surface area contributed by atoms with Crippen molar-refractivity contribution in [1.29, 1.82) is 0 Å². The Bertz CT molecular complexity index is 711. The molecule has 3 rings (SSSR count). The predicted molar refractivity (Wildman–Crippen MR) is 75.6 cm³/mol. The van der Waals surface area contributed by atoms with Crippen LogP contribution in [0, 0.1) is 0 Å². The van der Waals surface area contributed by atoms with E-state index >= 15 is 0 Å². The maximum absolute atomic E-state index is 6.06. The van der Waals surface area contributed by atoms with E-state index in [1.165, 1.54) is 11.5 Å². The smallest absolute Gasteiger partial charge is 0.146 e. The number of halogens is 1. The number of anilines is 1. The minimum atomic E-state index is 0.499. The highest BCUT2D eigenvalue weighted by atomic mass is 35.5. The summed E-state index contributed by atoms with van der Waals surface area (Å²) >= 11 is 7.52. The Morgan fingerprint density at radius 1 is 1.17 bits per heavy atom. The van der Waals surface area contributed by atoms with E-state index in [9.17, 15) is 0 Å². The van der Waals surface area contributed by atoms with Gasteiger partial charge in [0.1, 0.15) is 11.5 Å². The Labute approximate surface area is 113 Å². The van der Waals surface area contributed by atoms with E-state index in [0.717, 1.165) is 15.8 Å². The standard InChI is InChI=1S/C13H9ClN2OS/c14-11-6-9(15)1-3-12(11)17-10-2-4-13-8(5-10)7-16-18-13/h1-7H,15H2. The average molecular weight is 277 g/mol. The van der Waals surface area contributed by atoms with Gasteiger partial charge in [-0.05, 0) is 47.9 Å². The second kappa shape index (κ2) is 4.48. The molecule has 0 unspecified atom stereocenters. The SMILES string of the molecule is Nc1ccc(Oc2ccc3sncc3c2)c(Cl)c1. The molecule has 3 aromatic rings. The highest BCUT2D eigenvalue weighted by Gasteiger charge is 2.05. The molecule has 2 aromatic carbocycles. The molecule has 0 saturated carbocycles. The van der Waals surface area contributed by atoms with Gasteiger partial charge in [0.05, 0.1) is 9.72 Å². The number of hydrogen-bond acceptors (Lipinski definition) is 4. The van der Waals surface area contributed by atoms with Crippen LogP contribution in [0.2, 0.25) is 5.02 Å². The maximum atomic E-state index is 6.06. The van der Waals surface area contributed by atoms with Crippen LogP contribution in [0.4, 0.5) is 5.69 Å². The molecule has 0 bridgehead atoms. The van der Waals surface area contributed by atoms with Crippen molar-refractivity contribution in [1.82, 2.24) is 4.37 Å². The first-order valence-corrected chi connectivity index (χ1v) is 6.45. The van der Waals surface area contributed by atoms with Gasteiger partial charge in [-0.1, -0.05) is 11.6 Å². The number of hydrogen-bond donors (Lipinski definition) is 1. The first-order chi connectivity index (χ1) is 8.72. The molecule has 0 radical (unpaired) electrons. The number of rotatable bonds is 2. The van der Waals surface area contributed by atoms with Crippen molar-refractivity contribution in [2.45, 2.75) is 0 Å². The Hall–Kier alpha value is -1.78. The number of aromatic nitrogens is 1. The third-order valence-corrected chi connectivity index (χ3v) is 3.58. The minimum Gasteiger partial charge on any atom is -0.456 e. The first kappa shape index (κ1) is 11.3. The molecule has 0 spiro atoms. The van der Waals surface area contributed by atoms with Crippen LogP contribution >= 0.6 is 23.1 Å². The number of fused-ring (bicyclic) bond motifs is 1. The number of ether oxygens (including phenoxy) is 1. The molecule has 18 heavy (non-hydrogen) atoms. The van der Waals surface area contributed by atoms with Crippen molar-refractivity contribution in [3.05, 3.63) is 47.6 Å². The number of nitrogens with zero attached hydrogens (tertiary/aromatic N) is 1. The number of nitrogens with two attached hydrogens (primary N) is 1. The molecule has 0 atom stereocenters. The molecule has 0 fully saturated rings. The van der Waals surface area contributed by atoms with Crippen molar-refractivity contribution in [2.75, 3.05) is 5.73 Å². The highest BCUT2D eigenvalue weighted by molar-refractivity contribution is 7.13. The van der Waals surface area contributed by atoms with Crippen LogP contribution in [0.1, 0.15) is 0 Å². The minimum absolute atomic E-state index is 0.499. The van der Waals surface area contributed by atoms with Crippen molar-refractivity contribution in [3.63, 3.8) is 0 Å². The zero-order valence-corrected chi connectivity index (χ0v) is 10.8. The van der Waals surface area contributed by atoms with Crippen LogP contribution in [-0.2, 0) is 0 Å². The van der Waals surface area contributed by atoms with Crippen molar-refractivity contribution < 1.29 is 4.74 Å². The Kier molecular flexibility index (Phi) is 2.81. The monoisotopic (exact) mass is 276 g/mol. The lowest BCUT2D eigenvalue weighted by Crippen LogP contribution is -1.88. The van der Waals surface area contributed by atoms with Gasteiger partial charge in [-0.2, -0.15) is 4.37 Å². The molecule has 2 N–H and O–H groups in total. The van der Waals surface area contributed by atoms with Crippen LogP contribution in [-0.4, -0.2) is 4.37 Å². The first-order valence-electron chi connectivity index (χ1n) is 5.30. The van der Waals surface area contributed by atoms with Gasteiger partial charge in [0, 0.05) is 17.3 Å². The molecule has 0 aliphatic rings. The highest BCUT2D eigenvalue weighted by Crippen LogP contribution is 2.32. The van der Waals surface area contributed by atoms with E-state index in [4.69, 9.17) is 22.1 Å². The summed E-state index contributed by atoms with van der Waals surface area (Å²) in [4.78, 5) is 0. The van der Waals surface area contributed by atoms with Crippen LogP contribution in [0.3, 0.4) is 0 Å². The largest absolute Gasteiger partial charge is 0.456 e. The third kappa shape index (κ3) is 2.12. The summed E-state index contributed by atoms with van der Waals surface area (Å²) in [5.41, 5.74) is 6.25. The summed E-state index contributed by atoms with van der Waals surface area (Å²) < 4.78 is 11.0. The molecule has 3 nitrogen and oxygen atoms in total. The lowest BCUT2D eigenvalue weighted by atomic mass is 10.2. The van der Waals surface area contributed by atoms with Gasteiger partial charge in [0.2, 0.25) is 0 Å². The van der Waals surface area contributed by atoms with E-state index in [1.54, 1.807) is 18.2 Å². The van der Waals surface area contributed by atoms with Crippen molar-refractivity contribution >= 4 is 38.9 Å². The van der Waals surface area contributed by atoms with E-state index < -0.39 is 0 Å². The van der Waals surface area contributed by atoms with Crippen LogP contribution in [0.5, 0.6) is 11.5 Å². The zero-order chi connectivity index (χ0) is 12.5. The zero-order valence-electron chi connectivity index (χ0n) is 9.26. The summed E-state index contributed by atoms with van der Waals surface area (Å²) in [6.07, 6.45) is 1.82. The normalized spacial score (nSPS) is 10.7. The van der Waals surface area contributed by atoms with Crippen LogP contribution in [0.25, 0.3) is 10.1 Å². The van der Waals surface area contributed by atoms with Crippen molar-refractivity contribution in [3.8, 4) is 11.5 Å². The fourth-order valence-corrected chi connectivity index (χ4v) is 2.49.